The Kier molecular flexibility index (Phi) is 4.15. The maximum Gasteiger partial charge on any atom is 0.221 e. The first-order chi connectivity index (χ1) is 8.24. The summed E-state index contributed by atoms with van der Waals surface area (Å²) in [6.45, 7) is 1.71. The Morgan fingerprint density at radius 3 is 2.71 bits per heavy atom. The summed E-state index contributed by atoms with van der Waals surface area (Å²) in [6, 6.07) is 10.8. The van der Waals surface area contributed by atoms with Crippen molar-refractivity contribution in [1.82, 2.24) is 10.2 Å². The average molecular weight is 232 g/mol. The molecule has 17 heavy (non-hydrogen) atoms. The van der Waals surface area contributed by atoms with Crippen LogP contribution in [-0.2, 0) is 11.3 Å². The van der Waals surface area contributed by atoms with Gasteiger partial charge >= 0.3 is 0 Å². The quantitative estimate of drug-likeness (QED) is 0.811. The zero-order valence-electron chi connectivity index (χ0n) is 10.4. The van der Waals surface area contributed by atoms with Crippen LogP contribution in [0.25, 0.3) is 0 Å². The highest BCUT2D eigenvalue weighted by molar-refractivity contribution is 5.76. The van der Waals surface area contributed by atoms with Crippen LogP contribution < -0.4 is 5.32 Å². The molecule has 1 aliphatic carbocycles. The van der Waals surface area contributed by atoms with E-state index in [2.05, 4.69) is 29.4 Å². The van der Waals surface area contributed by atoms with Gasteiger partial charge in [0.05, 0.1) is 0 Å². The maximum atomic E-state index is 11.5. The van der Waals surface area contributed by atoms with Crippen LogP contribution in [0.15, 0.2) is 30.3 Å². The molecule has 1 aliphatic rings. The molecule has 0 saturated heterocycles. The lowest BCUT2D eigenvalue weighted by atomic mass is 10.2. The Bertz CT molecular complexity index is 360. The molecule has 0 heterocycles. The van der Waals surface area contributed by atoms with Crippen LogP contribution in [0.2, 0.25) is 0 Å². The molecule has 0 spiro atoms. The van der Waals surface area contributed by atoms with E-state index in [4.69, 9.17) is 0 Å². The van der Waals surface area contributed by atoms with E-state index in [-0.39, 0.29) is 5.91 Å². The molecule has 0 atom stereocenters. The van der Waals surface area contributed by atoms with E-state index in [0.717, 1.165) is 25.9 Å². The SMILES string of the molecule is CN(CCC(=O)NC1CC1)Cc1ccccc1. The second-order valence-electron chi connectivity index (χ2n) is 4.82. The summed E-state index contributed by atoms with van der Waals surface area (Å²) < 4.78 is 0. The van der Waals surface area contributed by atoms with E-state index in [1.807, 2.05) is 18.2 Å². The van der Waals surface area contributed by atoms with Gasteiger partial charge in [0.15, 0.2) is 0 Å². The summed E-state index contributed by atoms with van der Waals surface area (Å²) in [6.07, 6.45) is 2.91. The zero-order valence-corrected chi connectivity index (χ0v) is 10.4. The molecule has 1 amide bonds. The van der Waals surface area contributed by atoms with Crippen LogP contribution in [-0.4, -0.2) is 30.4 Å². The number of carbonyl (C=O) groups excluding carboxylic acids is 1. The van der Waals surface area contributed by atoms with Crippen molar-refractivity contribution in [2.24, 2.45) is 0 Å². The van der Waals surface area contributed by atoms with Gasteiger partial charge in [-0.05, 0) is 25.5 Å². The lowest BCUT2D eigenvalue weighted by Gasteiger charge is -2.16. The van der Waals surface area contributed by atoms with Crippen molar-refractivity contribution >= 4 is 5.91 Å². The van der Waals surface area contributed by atoms with Gasteiger partial charge in [-0.15, -0.1) is 0 Å². The monoisotopic (exact) mass is 232 g/mol. The van der Waals surface area contributed by atoms with Crippen LogP contribution in [0, 0.1) is 0 Å². The molecule has 0 aromatic heterocycles. The third-order valence-electron chi connectivity index (χ3n) is 2.96. The number of nitrogens with one attached hydrogen (secondary N) is 1. The van der Waals surface area contributed by atoms with Crippen molar-refractivity contribution in [3.63, 3.8) is 0 Å². The van der Waals surface area contributed by atoms with Gasteiger partial charge in [-0.25, -0.2) is 0 Å². The summed E-state index contributed by atoms with van der Waals surface area (Å²) >= 11 is 0. The molecule has 0 bridgehead atoms. The summed E-state index contributed by atoms with van der Waals surface area (Å²) in [5.41, 5.74) is 1.29. The van der Waals surface area contributed by atoms with Crippen LogP contribution >= 0.6 is 0 Å². The number of hydrogen-bond donors (Lipinski definition) is 1. The summed E-state index contributed by atoms with van der Waals surface area (Å²) in [7, 11) is 2.05. The largest absolute Gasteiger partial charge is 0.353 e. The highest BCUT2D eigenvalue weighted by atomic mass is 16.1. The van der Waals surface area contributed by atoms with Crippen molar-refractivity contribution in [1.29, 1.82) is 0 Å². The molecule has 1 fully saturated rings. The number of amides is 1. The van der Waals surface area contributed by atoms with Crippen molar-refractivity contribution in [2.75, 3.05) is 13.6 Å². The zero-order chi connectivity index (χ0) is 12.1. The predicted octanol–water partition coefficient (Wildman–Crippen LogP) is 1.79. The average Bonchev–Trinajstić information content (AvgIpc) is 3.12. The number of nitrogens with zero attached hydrogens (tertiary/aromatic N) is 1. The highest BCUT2D eigenvalue weighted by Gasteiger charge is 2.22. The van der Waals surface area contributed by atoms with Gasteiger partial charge in [-0.2, -0.15) is 0 Å². The number of benzene rings is 1. The van der Waals surface area contributed by atoms with Crippen molar-refractivity contribution in [2.45, 2.75) is 31.8 Å². The molecular weight excluding hydrogens is 212 g/mol. The molecular formula is C14H20N2O. The van der Waals surface area contributed by atoms with E-state index in [1.165, 1.54) is 5.56 Å². The van der Waals surface area contributed by atoms with E-state index < -0.39 is 0 Å². The lowest BCUT2D eigenvalue weighted by Crippen LogP contribution is -2.29. The first-order valence-electron chi connectivity index (χ1n) is 6.26. The molecule has 92 valence electrons. The van der Waals surface area contributed by atoms with Gasteiger partial charge in [-0.3, -0.25) is 4.79 Å². The highest BCUT2D eigenvalue weighted by Crippen LogP contribution is 2.18. The first-order valence-corrected chi connectivity index (χ1v) is 6.26. The van der Waals surface area contributed by atoms with E-state index >= 15 is 0 Å². The molecule has 3 heteroatoms. The van der Waals surface area contributed by atoms with Gasteiger partial charge in [0.1, 0.15) is 0 Å². The third kappa shape index (κ3) is 4.57. The van der Waals surface area contributed by atoms with E-state index in [9.17, 15) is 4.79 Å². The Morgan fingerprint density at radius 1 is 1.35 bits per heavy atom. The number of hydrogen-bond acceptors (Lipinski definition) is 2. The van der Waals surface area contributed by atoms with E-state index in [0.29, 0.717) is 12.5 Å². The van der Waals surface area contributed by atoms with Gasteiger partial charge in [0.25, 0.3) is 0 Å². The fourth-order valence-corrected chi connectivity index (χ4v) is 1.79. The van der Waals surface area contributed by atoms with Gasteiger partial charge in [-0.1, -0.05) is 30.3 Å². The molecule has 3 nitrogen and oxygen atoms in total. The molecule has 0 unspecified atom stereocenters. The number of rotatable bonds is 6. The van der Waals surface area contributed by atoms with Gasteiger partial charge < -0.3 is 10.2 Å². The minimum absolute atomic E-state index is 0.187. The molecule has 1 saturated carbocycles. The Balaban J connectivity index is 1.66. The smallest absolute Gasteiger partial charge is 0.221 e. The fraction of sp³-hybridized carbons (Fsp3) is 0.500. The minimum atomic E-state index is 0.187. The summed E-state index contributed by atoms with van der Waals surface area (Å²) in [5.74, 6) is 0.187. The lowest BCUT2D eigenvalue weighted by molar-refractivity contribution is -0.121. The fourth-order valence-electron chi connectivity index (χ4n) is 1.79. The topological polar surface area (TPSA) is 32.3 Å². The maximum absolute atomic E-state index is 11.5. The van der Waals surface area contributed by atoms with Crippen LogP contribution in [0.3, 0.4) is 0 Å². The molecule has 1 aromatic rings. The Morgan fingerprint density at radius 2 is 2.06 bits per heavy atom. The number of carbonyl (C=O) groups is 1. The Labute approximate surface area is 103 Å². The molecule has 0 aliphatic heterocycles. The van der Waals surface area contributed by atoms with Gasteiger partial charge in [0, 0.05) is 25.6 Å². The van der Waals surface area contributed by atoms with Crippen LogP contribution in [0.4, 0.5) is 0 Å². The second kappa shape index (κ2) is 5.82. The third-order valence-corrected chi connectivity index (χ3v) is 2.96. The molecule has 0 radical (unpaired) electrons. The van der Waals surface area contributed by atoms with Crippen LogP contribution in [0.5, 0.6) is 0 Å². The normalized spacial score (nSPS) is 14.9. The first kappa shape index (κ1) is 12.1. The molecule has 2 rings (SSSR count). The minimum Gasteiger partial charge on any atom is -0.353 e. The summed E-state index contributed by atoms with van der Waals surface area (Å²) in [5, 5.41) is 3.01. The summed E-state index contributed by atoms with van der Waals surface area (Å²) in [4.78, 5) is 13.7. The molecule has 1 N–H and O–H groups in total. The standard InChI is InChI=1S/C14H20N2O/c1-16(11-12-5-3-2-4-6-12)10-9-14(17)15-13-7-8-13/h2-6,13H,7-11H2,1H3,(H,15,17). The van der Waals surface area contributed by atoms with Gasteiger partial charge in [0.2, 0.25) is 5.91 Å². The Hall–Kier alpha value is -1.35. The van der Waals surface area contributed by atoms with E-state index in [1.54, 1.807) is 0 Å². The van der Waals surface area contributed by atoms with Crippen molar-refractivity contribution in [3.8, 4) is 0 Å². The van der Waals surface area contributed by atoms with Crippen molar-refractivity contribution in [3.05, 3.63) is 35.9 Å². The van der Waals surface area contributed by atoms with Crippen LogP contribution in [0.1, 0.15) is 24.8 Å². The predicted molar refractivity (Wildman–Crippen MR) is 68.6 cm³/mol. The second-order valence-corrected chi connectivity index (χ2v) is 4.82. The van der Waals surface area contributed by atoms with Crippen molar-refractivity contribution < 1.29 is 4.79 Å². The molecule has 1 aromatic carbocycles.